The molecule has 0 saturated carbocycles. The summed E-state index contributed by atoms with van der Waals surface area (Å²) in [7, 11) is 1.65. The second kappa shape index (κ2) is 11.2. The first kappa shape index (κ1) is 22.4. The van der Waals surface area contributed by atoms with Gasteiger partial charge < -0.3 is 19.4 Å². The number of aromatic nitrogens is 2. The lowest BCUT2D eigenvalue weighted by atomic mass is 10.2. The Morgan fingerprint density at radius 1 is 0.909 bits per heavy atom. The summed E-state index contributed by atoms with van der Waals surface area (Å²) in [5, 5.41) is 3.00. The van der Waals surface area contributed by atoms with E-state index in [1.54, 1.807) is 7.11 Å². The van der Waals surface area contributed by atoms with Crippen LogP contribution in [0.1, 0.15) is 29.0 Å². The van der Waals surface area contributed by atoms with Crippen LogP contribution >= 0.6 is 0 Å². The molecule has 0 saturated heterocycles. The number of aryl methyl sites for hydroxylation is 2. The molecule has 1 amide bonds. The van der Waals surface area contributed by atoms with E-state index < -0.39 is 0 Å². The number of methoxy groups -OCH3 is 1. The number of amides is 1. The molecule has 0 bridgehead atoms. The van der Waals surface area contributed by atoms with Crippen LogP contribution in [0.15, 0.2) is 78.9 Å². The lowest BCUT2D eigenvalue weighted by molar-refractivity contribution is 0.0953. The first-order valence-corrected chi connectivity index (χ1v) is 11.3. The molecule has 0 fully saturated rings. The highest BCUT2D eigenvalue weighted by Crippen LogP contribution is 2.19. The molecule has 0 unspecified atom stereocenters. The maximum atomic E-state index is 12.2. The highest BCUT2D eigenvalue weighted by molar-refractivity contribution is 5.94. The second-order valence-corrected chi connectivity index (χ2v) is 7.77. The molecule has 1 aromatic heterocycles. The smallest absolute Gasteiger partial charge is 0.251 e. The second-order valence-electron chi connectivity index (χ2n) is 7.77. The Balaban J connectivity index is 1.31. The predicted octanol–water partition coefficient (Wildman–Crippen LogP) is 4.88. The van der Waals surface area contributed by atoms with Crippen molar-refractivity contribution >= 4 is 16.9 Å². The largest absolute Gasteiger partial charge is 0.497 e. The molecule has 0 spiro atoms. The SMILES string of the molecule is COc1ccc(OCCCn2c(CCCNC(=O)c3ccccc3)nc3ccccc32)cc1. The van der Waals surface area contributed by atoms with Crippen molar-refractivity contribution in [2.75, 3.05) is 20.3 Å². The van der Waals surface area contributed by atoms with Crippen molar-refractivity contribution in [3.8, 4) is 11.5 Å². The lowest BCUT2D eigenvalue weighted by Crippen LogP contribution is -2.24. The number of nitrogens with zero attached hydrogens (tertiary/aromatic N) is 2. The molecular formula is C27H29N3O3. The summed E-state index contributed by atoms with van der Waals surface area (Å²) in [4.78, 5) is 17.1. The Morgan fingerprint density at radius 2 is 1.64 bits per heavy atom. The van der Waals surface area contributed by atoms with Crippen molar-refractivity contribution in [2.45, 2.75) is 25.8 Å². The number of hydrogen-bond acceptors (Lipinski definition) is 4. The van der Waals surface area contributed by atoms with Crippen LogP contribution in [0.3, 0.4) is 0 Å². The quantitative estimate of drug-likeness (QED) is 0.336. The molecule has 33 heavy (non-hydrogen) atoms. The van der Waals surface area contributed by atoms with Gasteiger partial charge in [-0.15, -0.1) is 0 Å². The number of benzene rings is 3. The van der Waals surface area contributed by atoms with Gasteiger partial charge in [-0.05, 0) is 61.4 Å². The Labute approximate surface area is 194 Å². The van der Waals surface area contributed by atoms with Gasteiger partial charge in [0.15, 0.2) is 0 Å². The van der Waals surface area contributed by atoms with Crippen molar-refractivity contribution in [3.05, 3.63) is 90.3 Å². The van der Waals surface area contributed by atoms with Crippen molar-refractivity contribution in [2.24, 2.45) is 0 Å². The number of carbonyl (C=O) groups excluding carboxylic acids is 1. The van der Waals surface area contributed by atoms with E-state index in [0.29, 0.717) is 18.7 Å². The highest BCUT2D eigenvalue weighted by atomic mass is 16.5. The molecule has 0 aliphatic rings. The molecule has 6 heteroatoms. The number of carbonyl (C=O) groups is 1. The molecule has 0 aliphatic heterocycles. The average molecular weight is 444 g/mol. The van der Waals surface area contributed by atoms with E-state index in [2.05, 4.69) is 16.0 Å². The summed E-state index contributed by atoms with van der Waals surface area (Å²) >= 11 is 0. The number of fused-ring (bicyclic) bond motifs is 1. The third-order valence-electron chi connectivity index (χ3n) is 5.49. The van der Waals surface area contributed by atoms with Crippen LogP contribution in [0.25, 0.3) is 11.0 Å². The predicted molar refractivity (Wildman–Crippen MR) is 130 cm³/mol. The van der Waals surface area contributed by atoms with E-state index in [-0.39, 0.29) is 5.91 Å². The van der Waals surface area contributed by atoms with E-state index in [1.165, 1.54) is 0 Å². The molecule has 0 aliphatic carbocycles. The van der Waals surface area contributed by atoms with E-state index in [1.807, 2.05) is 72.8 Å². The number of hydrogen-bond donors (Lipinski definition) is 1. The van der Waals surface area contributed by atoms with E-state index in [9.17, 15) is 4.79 Å². The van der Waals surface area contributed by atoms with Gasteiger partial charge >= 0.3 is 0 Å². The molecule has 3 aromatic carbocycles. The van der Waals surface area contributed by atoms with Crippen LogP contribution in [0.4, 0.5) is 0 Å². The highest BCUT2D eigenvalue weighted by Gasteiger charge is 2.11. The Bertz CT molecular complexity index is 1170. The normalized spacial score (nSPS) is 10.8. The third-order valence-corrected chi connectivity index (χ3v) is 5.49. The third kappa shape index (κ3) is 5.92. The maximum Gasteiger partial charge on any atom is 0.251 e. The number of rotatable bonds is 11. The standard InChI is InChI=1S/C27H29N3O3/c1-32-22-14-16-23(17-15-22)33-20-8-19-30-25-12-6-5-11-24(25)29-26(30)13-7-18-28-27(31)21-9-3-2-4-10-21/h2-6,9-12,14-17H,7-8,13,18-20H2,1H3,(H,28,31). The molecule has 6 nitrogen and oxygen atoms in total. The van der Waals surface area contributed by atoms with Crippen LogP contribution in [0, 0.1) is 0 Å². The first-order valence-electron chi connectivity index (χ1n) is 11.3. The monoisotopic (exact) mass is 443 g/mol. The zero-order chi connectivity index (χ0) is 22.9. The molecule has 170 valence electrons. The van der Waals surface area contributed by atoms with E-state index in [0.717, 1.165) is 54.2 Å². The summed E-state index contributed by atoms with van der Waals surface area (Å²) in [6, 6.07) is 25.1. The van der Waals surface area contributed by atoms with Gasteiger partial charge in [-0.2, -0.15) is 0 Å². The number of nitrogens with one attached hydrogen (secondary N) is 1. The molecule has 4 aromatic rings. The summed E-state index contributed by atoms with van der Waals surface area (Å²) in [6.07, 6.45) is 2.48. The number of imidazole rings is 1. The minimum absolute atomic E-state index is 0.0419. The summed E-state index contributed by atoms with van der Waals surface area (Å²) in [5.74, 6) is 2.65. The number of para-hydroxylation sites is 2. The molecule has 1 N–H and O–H groups in total. The topological polar surface area (TPSA) is 65.4 Å². The fraction of sp³-hybridized carbons (Fsp3) is 0.259. The fourth-order valence-electron chi connectivity index (χ4n) is 3.79. The van der Waals surface area contributed by atoms with E-state index in [4.69, 9.17) is 14.5 Å². The van der Waals surface area contributed by atoms with Crippen LogP contribution < -0.4 is 14.8 Å². The zero-order valence-corrected chi connectivity index (χ0v) is 18.9. The number of ether oxygens (including phenoxy) is 2. The first-order chi connectivity index (χ1) is 16.2. The molecule has 0 radical (unpaired) electrons. The van der Waals surface area contributed by atoms with Gasteiger partial charge in [0.2, 0.25) is 0 Å². The molecule has 0 atom stereocenters. The minimum Gasteiger partial charge on any atom is -0.497 e. The van der Waals surface area contributed by atoms with Gasteiger partial charge in [0.25, 0.3) is 5.91 Å². The van der Waals surface area contributed by atoms with Gasteiger partial charge in [0, 0.05) is 25.1 Å². The zero-order valence-electron chi connectivity index (χ0n) is 18.9. The van der Waals surface area contributed by atoms with Gasteiger partial charge in [0.1, 0.15) is 17.3 Å². The van der Waals surface area contributed by atoms with Crippen molar-refractivity contribution in [3.63, 3.8) is 0 Å². The molecule has 4 rings (SSSR count). The van der Waals surface area contributed by atoms with Crippen molar-refractivity contribution in [1.82, 2.24) is 14.9 Å². The van der Waals surface area contributed by atoms with Gasteiger partial charge in [-0.25, -0.2) is 4.98 Å². The van der Waals surface area contributed by atoms with Crippen LogP contribution in [-0.2, 0) is 13.0 Å². The molecular weight excluding hydrogens is 414 g/mol. The van der Waals surface area contributed by atoms with Crippen molar-refractivity contribution < 1.29 is 14.3 Å². The maximum absolute atomic E-state index is 12.2. The fourth-order valence-corrected chi connectivity index (χ4v) is 3.79. The van der Waals surface area contributed by atoms with E-state index >= 15 is 0 Å². The van der Waals surface area contributed by atoms with Gasteiger partial charge in [0.05, 0.1) is 24.8 Å². The van der Waals surface area contributed by atoms with Crippen LogP contribution in [-0.4, -0.2) is 35.7 Å². The lowest BCUT2D eigenvalue weighted by Gasteiger charge is -2.11. The van der Waals surface area contributed by atoms with Crippen LogP contribution in [0.2, 0.25) is 0 Å². The molecule has 1 heterocycles. The van der Waals surface area contributed by atoms with Gasteiger partial charge in [-0.3, -0.25) is 4.79 Å². The Hall–Kier alpha value is -3.80. The Kier molecular flexibility index (Phi) is 7.59. The summed E-state index contributed by atoms with van der Waals surface area (Å²) < 4.78 is 13.3. The summed E-state index contributed by atoms with van der Waals surface area (Å²) in [6.45, 7) is 2.05. The average Bonchev–Trinajstić information content (AvgIpc) is 3.22. The Morgan fingerprint density at radius 3 is 2.42 bits per heavy atom. The van der Waals surface area contributed by atoms with Crippen LogP contribution in [0.5, 0.6) is 11.5 Å². The summed E-state index contributed by atoms with van der Waals surface area (Å²) in [5.41, 5.74) is 2.81. The minimum atomic E-state index is -0.0419. The van der Waals surface area contributed by atoms with Crippen molar-refractivity contribution in [1.29, 1.82) is 0 Å². The van der Waals surface area contributed by atoms with Gasteiger partial charge in [-0.1, -0.05) is 30.3 Å².